The summed E-state index contributed by atoms with van der Waals surface area (Å²) in [6.07, 6.45) is 0.402. The fraction of sp³-hybridized carbons (Fsp3) is 0.429. The van der Waals surface area contributed by atoms with Crippen LogP contribution in [0.5, 0.6) is 0 Å². The van der Waals surface area contributed by atoms with Gasteiger partial charge in [-0.3, -0.25) is 4.79 Å². The van der Waals surface area contributed by atoms with Gasteiger partial charge in [0, 0.05) is 24.2 Å². The molecule has 20 heavy (non-hydrogen) atoms. The van der Waals surface area contributed by atoms with Crippen LogP contribution in [0.3, 0.4) is 0 Å². The number of fused-ring (bicyclic) bond motifs is 1. The summed E-state index contributed by atoms with van der Waals surface area (Å²) >= 11 is 0. The van der Waals surface area contributed by atoms with E-state index < -0.39 is 0 Å². The average Bonchev–Trinajstić information content (AvgIpc) is 2.66. The topological polar surface area (TPSA) is 89.8 Å². The van der Waals surface area contributed by atoms with E-state index in [1.54, 1.807) is 18.2 Å². The molecule has 0 unspecified atom stereocenters. The predicted octanol–water partition coefficient (Wildman–Crippen LogP) is 1.57. The molecule has 0 bridgehead atoms. The molecule has 0 fully saturated rings. The van der Waals surface area contributed by atoms with E-state index in [1.807, 2.05) is 0 Å². The molecule has 0 saturated heterocycles. The number of amides is 1. The van der Waals surface area contributed by atoms with E-state index in [1.165, 1.54) is 0 Å². The van der Waals surface area contributed by atoms with Crippen LogP contribution in [-0.2, 0) is 4.79 Å². The van der Waals surface area contributed by atoms with Gasteiger partial charge in [-0.05, 0) is 39.0 Å². The second-order valence-electron chi connectivity index (χ2n) is 5.81. The van der Waals surface area contributed by atoms with Crippen molar-refractivity contribution in [2.24, 2.45) is 0 Å². The number of aromatic nitrogens is 2. The summed E-state index contributed by atoms with van der Waals surface area (Å²) in [5, 5.41) is 6.07. The molecule has 6 nitrogen and oxygen atoms in total. The van der Waals surface area contributed by atoms with Crippen LogP contribution in [0.2, 0.25) is 0 Å². The number of benzene rings is 1. The van der Waals surface area contributed by atoms with Crippen molar-refractivity contribution in [3.05, 3.63) is 28.7 Å². The molecular weight excluding hydrogens is 256 g/mol. The van der Waals surface area contributed by atoms with Crippen LogP contribution in [0, 0.1) is 0 Å². The smallest absolute Gasteiger partial charge is 0.323 e. The summed E-state index contributed by atoms with van der Waals surface area (Å²) in [7, 11) is 0. The van der Waals surface area contributed by atoms with Gasteiger partial charge in [0.15, 0.2) is 0 Å². The molecule has 0 aliphatic rings. The molecule has 1 heterocycles. The first-order chi connectivity index (χ1) is 9.33. The normalized spacial score (nSPS) is 11.8. The molecule has 0 aliphatic carbocycles. The summed E-state index contributed by atoms with van der Waals surface area (Å²) in [6.45, 7) is 6.79. The Kier molecular flexibility index (Phi) is 3.94. The molecule has 0 saturated carbocycles. The third kappa shape index (κ3) is 3.96. The van der Waals surface area contributed by atoms with Gasteiger partial charge in [0.05, 0.1) is 11.0 Å². The molecule has 1 amide bonds. The van der Waals surface area contributed by atoms with E-state index in [0.717, 1.165) is 5.52 Å². The van der Waals surface area contributed by atoms with Gasteiger partial charge >= 0.3 is 5.69 Å². The van der Waals surface area contributed by atoms with Crippen molar-refractivity contribution in [1.29, 1.82) is 0 Å². The van der Waals surface area contributed by atoms with E-state index in [4.69, 9.17) is 0 Å². The van der Waals surface area contributed by atoms with E-state index in [-0.39, 0.29) is 17.1 Å². The number of hydrogen-bond donors (Lipinski definition) is 4. The highest BCUT2D eigenvalue weighted by atomic mass is 16.1. The molecular formula is C14H20N4O2. The Bertz CT molecular complexity index is 664. The minimum atomic E-state index is -0.252. The molecule has 0 spiro atoms. The van der Waals surface area contributed by atoms with E-state index >= 15 is 0 Å². The third-order valence-electron chi connectivity index (χ3n) is 2.81. The first-order valence-corrected chi connectivity index (χ1v) is 6.60. The quantitative estimate of drug-likeness (QED) is 0.683. The van der Waals surface area contributed by atoms with Crippen molar-refractivity contribution in [2.45, 2.75) is 32.7 Å². The zero-order chi connectivity index (χ0) is 14.8. The Morgan fingerprint density at radius 1 is 1.20 bits per heavy atom. The molecule has 0 radical (unpaired) electrons. The van der Waals surface area contributed by atoms with Gasteiger partial charge in [-0.15, -0.1) is 0 Å². The van der Waals surface area contributed by atoms with Crippen LogP contribution in [-0.4, -0.2) is 28.0 Å². The van der Waals surface area contributed by atoms with Gasteiger partial charge in [0.1, 0.15) is 0 Å². The Labute approximate surface area is 117 Å². The van der Waals surface area contributed by atoms with Crippen LogP contribution < -0.4 is 16.3 Å². The standard InChI is InChI=1S/C14H20N4O2/c1-14(2,3)15-7-6-12(19)16-9-4-5-10-11(8-9)18-13(20)17-10/h4-5,8,15H,6-7H2,1-3H3,(H,16,19)(H2,17,18,20). The number of rotatable bonds is 4. The zero-order valence-electron chi connectivity index (χ0n) is 12.0. The molecule has 1 aromatic carbocycles. The molecule has 1 aromatic heterocycles. The van der Waals surface area contributed by atoms with Crippen LogP contribution in [0.25, 0.3) is 11.0 Å². The van der Waals surface area contributed by atoms with E-state index in [0.29, 0.717) is 24.2 Å². The number of H-pyrrole nitrogens is 2. The second-order valence-corrected chi connectivity index (χ2v) is 5.81. The fourth-order valence-corrected chi connectivity index (χ4v) is 1.88. The Balaban J connectivity index is 1.94. The highest BCUT2D eigenvalue weighted by Crippen LogP contribution is 2.14. The van der Waals surface area contributed by atoms with Gasteiger partial charge in [0.2, 0.25) is 5.91 Å². The summed E-state index contributed by atoms with van der Waals surface area (Å²) in [4.78, 5) is 28.3. The lowest BCUT2D eigenvalue weighted by molar-refractivity contribution is -0.116. The number of hydrogen-bond acceptors (Lipinski definition) is 3. The first kappa shape index (κ1) is 14.3. The zero-order valence-corrected chi connectivity index (χ0v) is 12.0. The second kappa shape index (κ2) is 5.50. The van der Waals surface area contributed by atoms with Gasteiger partial charge in [-0.25, -0.2) is 4.79 Å². The number of anilines is 1. The number of carbonyl (C=O) groups excluding carboxylic acids is 1. The lowest BCUT2D eigenvalue weighted by atomic mass is 10.1. The van der Waals surface area contributed by atoms with Gasteiger partial charge in [0.25, 0.3) is 0 Å². The van der Waals surface area contributed by atoms with Crippen molar-refractivity contribution in [1.82, 2.24) is 15.3 Å². The largest absolute Gasteiger partial charge is 0.326 e. The number of carbonyl (C=O) groups is 1. The number of nitrogens with one attached hydrogen (secondary N) is 4. The molecule has 6 heteroatoms. The van der Waals surface area contributed by atoms with Gasteiger partial charge in [-0.1, -0.05) is 0 Å². The maximum Gasteiger partial charge on any atom is 0.323 e. The molecule has 0 aliphatic heterocycles. The lowest BCUT2D eigenvalue weighted by Gasteiger charge is -2.20. The monoisotopic (exact) mass is 276 g/mol. The van der Waals surface area contributed by atoms with Gasteiger partial charge in [-0.2, -0.15) is 0 Å². The van der Waals surface area contributed by atoms with Crippen LogP contribution >= 0.6 is 0 Å². The summed E-state index contributed by atoms with van der Waals surface area (Å²) in [6, 6.07) is 5.26. The molecule has 2 aromatic rings. The first-order valence-electron chi connectivity index (χ1n) is 6.60. The Morgan fingerprint density at radius 2 is 1.90 bits per heavy atom. The molecule has 2 rings (SSSR count). The van der Waals surface area contributed by atoms with Crippen molar-refractivity contribution < 1.29 is 4.79 Å². The third-order valence-corrected chi connectivity index (χ3v) is 2.81. The van der Waals surface area contributed by atoms with Crippen molar-refractivity contribution >= 4 is 22.6 Å². The predicted molar refractivity (Wildman–Crippen MR) is 79.9 cm³/mol. The van der Waals surface area contributed by atoms with E-state index in [9.17, 15) is 9.59 Å². The number of aromatic amines is 2. The van der Waals surface area contributed by atoms with Crippen molar-refractivity contribution in [2.75, 3.05) is 11.9 Å². The van der Waals surface area contributed by atoms with Crippen LogP contribution in [0.4, 0.5) is 5.69 Å². The van der Waals surface area contributed by atoms with Crippen LogP contribution in [0.15, 0.2) is 23.0 Å². The highest BCUT2D eigenvalue weighted by Gasteiger charge is 2.10. The molecule has 4 N–H and O–H groups in total. The van der Waals surface area contributed by atoms with Gasteiger partial charge < -0.3 is 20.6 Å². The summed E-state index contributed by atoms with van der Waals surface area (Å²) < 4.78 is 0. The highest BCUT2D eigenvalue weighted by molar-refractivity contribution is 5.93. The molecule has 0 atom stereocenters. The minimum absolute atomic E-state index is 0.00377. The maximum absolute atomic E-state index is 11.8. The Morgan fingerprint density at radius 3 is 2.60 bits per heavy atom. The molecule has 108 valence electrons. The SMILES string of the molecule is CC(C)(C)NCCC(=O)Nc1ccc2[nH]c(=O)[nH]c2c1. The maximum atomic E-state index is 11.8. The number of imidazole rings is 1. The fourth-order valence-electron chi connectivity index (χ4n) is 1.88. The average molecular weight is 276 g/mol. The van der Waals surface area contributed by atoms with Crippen molar-refractivity contribution in [3.8, 4) is 0 Å². The van der Waals surface area contributed by atoms with Crippen LogP contribution in [0.1, 0.15) is 27.2 Å². The minimum Gasteiger partial charge on any atom is -0.326 e. The summed E-state index contributed by atoms with van der Waals surface area (Å²) in [5.74, 6) is -0.0565. The summed E-state index contributed by atoms with van der Waals surface area (Å²) in [5.41, 5.74) is 1.83. The Hall–Kier alpha value is -2.08. The van der Waals surface area contributed by atoms with Crippen molar-refractivity contribution in [3.63, 3.8) is 0 Å². The lowest BCUT2D eigenvalue weighted by Crippen LogP contribution is -2.37. The van der Waals surface area contributed by atoms with E-state index in [2.05, 4.69) is 41.4 Å².